The van der Waals surface area contributed by atoms with E-state index in [1.54, 1.807) is 16.5 Å². The van der Waals surface area contributed by atoms with Crippen LogP contribution in [0.25, 0.3) is 4.96 Å². The van der Waals surface area contributed by atoms with Gasteiger partial charge in [-0.25, -0.2) is 0 Å². The van der Waals surface area contributed by atoms with E-state index in [0.717, 1.165) is 10.6 Å². The third-order valence-electron chi connectivity index (χ3n) is 2.30. The Morgan fingerprint density at radius 2 is 2.00 bits per heavy atom. The lowest BCUT2D eigenvalue weighted by atomic mass is 10.3. The summed E-state index contributed by atoms with van der Waals surface area (Å²) in [7, 11) is 0. The lowest BCUT2D eigenvalue weighted by molar-refractivity contribution is 1.01. The van der Waals surface area contributed by atoms with Crippen molar-refractivity contribution in [1.29, 1.82) is 0 Å². The number of rotatable bonds is 2. The van der Waals surface area contributed by atoms with Crippen LogP contribution in [0.5, 0.6) is 0 Å². The lowest BCUT2D eigenvalue weighted by Crippen LogP contribution is -2.00. The van der Waals surface area contributed by atoms with Gasteiger partial charge in [0, 0.05) is 22.3 Å². The van der Waals surface area contributed by atoms with E-state index in [-0.39, 0.29) is 0 Å². The smallest absolute Gasteiger partial charge is 0.232 e. The van der Waals surface area contributed by atoms with E-state index in [4.69, 9.17) is 23.8 Å². The van der Waals surface area contributed by atoms with Gasteiger partial charge in [0.1, 0.15) is 0 Å². The highest BCUT2D eigenvalue weighted by Crippen LogP contribution is 2.18. The van der Waals surface area contributed by atoms with Crippen LogP contribution in [0.1, 0.15) is 0 Å². The van der Waals surface area contributed by atoms with E-state index in [2.05, 4.69) is 15.3 Å². The summed E-state index contributed by atoms with van der Waals surface area (Å²) in [6.07, 6.45) is 1.86. The van der Waals surface area contributed by atoms with Gasteiger partial charge in [0.2, 0.25) is 10.7 Å². The van der Waals surface area contributed by atoms with Crippen LogP contribution in [0, 0.1) is 4.77 Å². The Morgan fingerprint density at radius 3 is 2.78 bits per heavy atom. The van der Waals surface area contributed by atoms with Crippen molar-refractivity contribution in [3.63, 3.8) is 0 Å². The van der Waals surface area contributed by atoms with Gasteiger partial charge in [0.05, 0.1) is 0 Å². The molecule has 3 rings (SSSR count). The topological polar surface area (TPSA) is 42.2 Å². The van der Waals surface area contributed by atoms with Gasteiger partial charge < -0.3 is 5.32 Å². The van der Waals surface area contributed by atoms with Gasteiger partial charge >= 0.3 is 0 Å². The van der Waals surface area contributed by atoms with Crippen LogP contribution in [-0.4, -0.2) is 14.4 Å². The maximum absolute atomic E-state index is 5.83. The first-order valence-corrected chi connectivity index (χ1v) is 6.75. The Labute approximate surface area is 117 Å². The van der Waals surface area contributed by atoms with Gasteiger partial charge in [-0.3, -0.25) is 4.40 Å². The molecule has 0 aliphatic heterocycles. The number of hydrogen-bond donors (Lipinski definition) is 1. The van der Waals surface area contributed by atoms with Crippen molar-refractivity contribution >= 4 is 51.8 Å². The summed E-state index contributed by atoms with van der Waals surface area (Å²) in [6.45, 7) is 0. The average Bonchev–Trinajstić information content (AvgIpc) is 2.81. The van der Waals surface area contributed by atoms with Crippen molar-refractivity contribution in [3.8, 4) is 0 Å². The molecule has 2 aromatic heterocycles. The van der Waals surface area contributed by atoms with Crippen LogP contribution in [0.4, 0.5) is 11.6 Å². The molecule has 3 aromatic rings. The fraction of sp³-hybridized carbons (Fsp3) is 0. The Bertz CT molecular complexity index is 748. The second-order valence-electron chi connectivity index (χ2n) is 3.52. The van der Waals surface area contributed by atoms with Crippen LogP contribution < -0.4 is 5.32 Å². The molecule has 0 spiro atoms. The molecule has 0 aliphatic carbocycles. The van der Waals surface area contributed by atoms with E-state index in [1.165, 1.54) is 11.3 Å². The number of anilines is 2. The van der Waals surface area contributed by atoms with Gasteiger partial charge in [0.25, 0.3) is 0 Å². The van der Waals surface area contributed by atoms with Crippen LogP contribution in [0.15, 0.2) is 35.8 Å². The molecule has 0 amide bonds. The molecule has 18 heavy (non-hydrogen) atoms. The van der Waals surface area contributed by atoms with Crippen LogP contribution in [0.3, 0.4) is 0 Å². The minimum Gasteiger partial charge on any atom is -0.324 e. The number of fused-ring (bicyclic) bond motifs is 1. The zero-order valence-electron chi connectivity index (χ0n) is 9.00. The van der Waals surface area contributed by atoms with Crippen LogP contribution in [-0.2, 0) is 0 Å². The summed E-state index contributed by atoms with van der Waals surface area (Å²) in [5, 5.41) is 5.71. The SMILES string of the molecule is S=c1nc(Nc2ccc(Cl)cc2)nc2sccn12. The zero-order chi connectivity index (χ0) is 12.5. The molecule has 0 saturated carbocycles. The molecule has 0 aliphatic rings. The molecule has 0 atom stereocenters. The van der Waals surface area contributed by atoms with Gasteiger partial charge in [-0.2, -0.15) is 9.97 Å². The van der Waals surface area contributed by atoms with Crippen molar-refractivity contribution < 1.29 is 0 Å². The summed E-state index contributed by atoms with van der Waals surface area (Å²) in [4.78, 5) is 9.41. The summed E-state index contributed by atoms with van der Waals surface area (Å²) >= 11 is 12.5. The van der Waals surface area contributed by atoms with Crippen molar-refractivity contribution in [2.24, 2.45) is 0 Å². The molecule has 4 nitrogen and oxygen atoms in total. The molecule has 90 valence electrons. The first kappa shape index (κ1) is 11.6. The lowest BCUT2D eigenvalue weighted by Gasteiger charge is -2.04. The number of hydrogen-bond acceptors (Lipinski definition) is 5. The molecular weight excluding hydrogens is 288 g/mol. The standard InChI is InChI=1S/C11H7ClN4S2/c12-7-1-3-8(4-2-7)13-9-14-10(17)16-5-6-18-11(16)15-9/h1-6H,(H,13,14,17). The summed E-state index contributed by atoms with van der Waals surface area (Å²) in [5.74, 6) is 0.491. The van der Waals surface area contributed by atoms with E-state index in [1.807, 2.05) is 23.7 Å². The second-order valence-corrected chi connectivity index (χ2v) is 5.19. The maximum Gasteiger partial charge on any atom is 0.232 e. The quantitative estimate of drug-likeness (QED) is 0.728. The van der Waals surface area contributed by atoms with Gasteiger partial charge in [-0.05, 0) is 36.5 Å². The number of nitrogens with one attached hydrogen (secondary N) is 1. The largest absolute Gasteiger partial charge is 0.324 e. The minimum atomic E-state index is 0.484. The van der Waals surface area contributed by atoms with Crippen LogP contribution >= 0.6 is 35.2 Å². The maximum atomic E-state index is 5.83. The zero-order valence-corrected chi connectivity index (χ0v) is 11.4. The van der Waals surface area contributed by atoms with Crippen LogP contribution in [0.2, 0.25) is 5.02 Å². The van der Waals surface area contributed by atoms with E-state index >= 15 is 0 Å². The van der Waals surface area contributed by atoms with Crippen molar-refractivity contribution in [3.05, 3.63) is 45.6 Å². The first-order chi connectivity index (χ1) is 8.72. The summed E-state index contributed by atoms with van der Waals surface area (Å²) < 4.78 is 2.25. The first-order valence-electron chi connectivity index (χ1n) is 5.09. The number of nitrogens with zero attached hydrogens (tertiary/aromatic N) is 3. The molecule has 0 fully saturated rings. The average molecular weight is 295 g/mol. The highest BCUT2D eigenvalue weighted by atomic mass is 35.5. The van der Waals surface area contributed by atoms with E-state index in [0.29, 0.717) is 15.7 Å². The molecule has 2 heterocycles. The number of benzene rings is 1. The van der Waals surface area contributed by atoms with Gasteiger partial charge in [-0.15, -0.1) is 11.3 Å². The highest BCUT2D eigenvalue weighted by molar-refractivity contribution is 7.71. The molecule has 7 heteroatoms. The van der Waals surface area contributed by atoms with E-state index < -0.39 is 0 Å². The second kappa shape index (κ2) is 4.64. The third-order valence-corrected chi connectivity index (χ3v) is 3.60. The Balaban J connectivity index is 1.99. The van der Waals surface area contributed by atoms with Crippen molar-refractivity contribution in [2.45, 2.75) is 0 Å². The third kappa shape index (κ3) is 2.22. The minimum absolute atomic E-state index is 0.484. The Morgan fingerprint density at radius 1 is 1.22 bits per heavy atom. The molecule has 1 aromatic carbocycles. The Hall–Kier alpha value is -1.50. The molecule has 0 saturated heterocycles. The molecule has 0 unspecified atom stereocenters. The van der Waals surface area contributed by atoms with Gasteiger partial charge in [-0.1, -0.05) is 11.6 Å². The molecule has 1 N–H and O–H groups in total. The van der Waals surface area contributed by atoms with Crippen molar-refractivity contribution in [2.75, 3.05) is 5.32 Å². The summed E-state index contributed by atoms with van der Waals surface area (Å²) in [6, 6.07) is 7.33. The van der Waals surface area contributed by atoms with Crippen molar-refractivity contribution in [1.82, 2.24) is 14.4 Å². The monoisotopic (exact) mass is 294 g/mol. The normalized spacial score (nSPS) is 10.7. The van der Waals surface area contributed by atoms with E-state index in [9.17, 15) is 0 Å². The predicted octanol–water partition coefficient (Wildman–Crippen LogP) is 3.92. The number of halogens is 1. The Kier molecular flexibility index (Phi) is 2.99. The fourth-order valence-electron chi connectivity index (χ4n) is 1.48. The molecule has 0 bridgehead atoms. The number of thiazole rings is 1. The highest BCUT2D eigenvalue weighted by Gasteiger charge is 2.03. The molecular formula is C11H7ClN4S2. The summed E-state index contributed by atoms with van der Waals surface area (Å²) in [5.41, 5.74) is 0.870. The fourth-order valence-corrected chi connectivity index (χ4v) is 2.60. The number of aromatic nitrogens is 3. The van der Waals surface area contributed by atoms with Gasteiger partial charge in [0.15, 0.2) is 4.96 Å². The molecule has 0 radical (unpaired) electrons. The predicted molar refractivity (Wildman–Crippen MR) is 76.4 cm³/mol.